The molecule has 0 N–H and O–H groups in total. The molecule has 3 rings (SSSR count). The van der Waals surface area contributed by atoms with E-state index in [1.165, 1.54) is 0 Å². The molecular weight excluding hydrogens is 314 g/mol. The van der Waals surface area contributed by atoms with E-state index in [0.29, 0.717) is 11.1 Å². The fourth-order valence-corrected chi connectivity index (χ4v) is 3.44. The summed E-state index contributed by atoms with van der Waals surface area (Å²) in [6, 6.07) is 12.1. The van der Waals surface area contributed by atoms with Crippen LogP contribution in [0, 0.1) is 13.8 Å². The molecule has 1 saturated heterocycles. The number of hydrogen-bond donors (Lipinski definition) is 0. The van der Waals surface area contributed by atoms with Crippen molar-refractivity contribution in [3.05, 3.63) is 70.1 Å². The maximum Gasteiger partial charge on any atom is 0.347 e. The summed E-state index contributed by atoms with van der Waals surface area (Å²) in [7, 11) is 0. The van der Waals surface area contributed by atoms with Crippen molar-refractivity contribution in [2.24, 2.45) is 0 Å². The van der Waals surface area contributed by atoms with Gasteiger partial charge in [-0.25, -0.2) is 9.59 Å². The quantitative estimate of drug-likeness (QED) is 0.467. The summed E-state index contributed by atoms with van der Waals surface area (Å²) >= 11 is 0. The number of cyclic esters (lactones) is 2. The number of aryl methyl sites for hydroxylation is 1. The number of carbonyl (C=O) groups excluding carboxylic acids is 2. The van der Waals surface area contributed by atoms with E-state index in [2.05, 4.69) is 4.57 Å². The zero-order valence-corrected chi connectivity index (χ0v) is 15.1. The third-order valence-corrected chi connectivity index (χ3v) is 4.57. The van der Waals surface area contributed by atoms with E-state index in [9.17, 15) is 9.59 Å². The predicted molar refractivity (Wildman–Crippen MR) is 97.3 cm³/mol. The molecule has 0 spiro atoms. The Bertz CT molecular complexity index is 939. The topological polar surface area (TPSA) is 48.3 Å². The third kappa shape index (κ3) is 2.74. The normalized spacial score (nSPS) is 16.3. The van der Waals surface area contributed by atoms with Gasteiger partial charge in [-0.2, -0.15) is 0 Å². The Hall–Kier alpha value is -2.88. The van der Waals surface area contributed by atoms with Gasteiger partial charge in [-0.1, -0.05) is 23.8 Å². The maximum atomic E-state index is 12.2. The van der Waals surface area contributed by atoms with Crippen LogP contribution in [0.15, 0.2) is 53.1 Å². The number of ether oxygens (including phenoxy) is 1. The number of allylic oxidation sites excluding steroid dienone is 2. The lowest BCUT2D eigenvalue weighted by atomic mass is 9.95. The van der Waals surface area contributed by atoms with Crippen LogP contribution >= 0.6 is 0 Å². The second kappa shape index (κ2) is 6.20. The van der Waals surface area contributed by atoms with Crippen molar-refractivity contribution in [3.63, 3.8) is 0 Å². The van der Waals surface area contributed by atoms with Gasteiger partial charge in [-0.05, 0) is 64.0 Å². The van der Waals surface area contributed by atoms with Gasteiger partial charge < -0.3 is 9.30 Å². The first-order valence-electron chi connectivity index (χ1n) is 8.23. The van der Waals surface area contributed by atoms with Crippen LogP contribution in [0.25, 0.3) is 11.3 Å². The molecular formula is C21H21NO3. The lowest BCUT2D eigenvalue weighted by Crippen LogP contribution is -2.02. The average molecular weight is 335 g/mol. The van der Waals surface area contributed by atoms with Crippen LogP contribution < -0.4 is 0 Å². The molecule has 0 atom stereocenters. The maximum absolute atomic E-state index is 12.2. The molecule has 1 aliphatic rings. The van der Waals surface area contributed by atoms with Crippen LogP contribution in [-0.4, -0.2) is 16.5 Å². The molecule has 0 aliphatic carbocycles. The number of aromatic nitrogens is 1. The van der Waals surface area contributed by atoms with Gasteiger partial charge in [0, 0.05) is 17.1 Å². The van der Waals surface area contributed by atoms with Gasteiger partial charge in [-0.15, -0.1) is 0 Å². The molecule has 4 heteroatoms. The van der Waals surface area contributed by atoms with Gasteiger partial charge in [0.1, 0.15) is 0 Å². The molecule has 0 saturated carbocycles. The van der Waals surface area contributed by atoms with Crippen molar-refractivity contribution in [1.29, 1.82) is 0 Å². The molecule has 25 heavy (non-hydrogen) atoms. The van der Waals surface area contributed by atoms with Gasteiger partial charge in [0.05, 0.1) is 11.1 Å². The third-order valence-electron chi connectivity index (χ3n) is 4.57. The molecule has 128 valence electrons. The summed E-state index contributed by atoms with van der Waals surface area (Å²) in [6.45, 7) is 9.55. The summed E-state index contributed by atoms with van der Waals surface area (Å²) in [5.41, 5.74) is 6.40. The van der Waals surface area contributed by atoms with Crippen LogP contribution in [0.5, 0.6) is 0 Å². The minimum absolute atomic E-state index is 0.373. The molecule has 2 heterocycles. The van der Waals surface area contributed by atoms with Gasteiger partial charge in [0.2, 0.25) is 0 Å². The van der Waals surface area contributed by atoms with Crippen molar-refractivity contribution < 1.29 is 14.3 Å². The Labute approximate surface area is 147 Å². The van der Waals surface area contributed by atoms with Crippen molar-refractivity contribution in [2.75, 3.05) is 0 Å². The Morgan fingerprint density at radius 1 is 0.920 bits per heavy atom. The zero-order valence-electron chi connectivity index (χ0n) is 15.1. The summed E-state index contributed by atoms with van der Waals surface area (Å²) in [5, 5.41) is 0. The number of rotatable bonds is 2. The van der Waals surface area contributed by atoms with Gasteiger partial charge in [0.25, 0.3) is 0 Å². The molecule has 0 radical (unpaired) electrons. The second-order valence-corrected chi connectivity index (χ2v) is 6.51. The van der Waals surface area contributed by atoms with E-state index in [-0.39, 0.29) is 0 Å². The molecule has 1 aromatic heterocycles. The molecule has 1 aromatic carbocycles. The number of carbonyl (C=O) groups is 2. The van der Waals surface area contributed by atoms with Gasteiger partial charge in [-0.3, -0.25) is 0 Å². The Morgan fingerprint density at radius 3 is 2.12 bits per heavy atom. The monoisotopic (exact) mass is 335 g/mol. The van der Waals surface area contributed by atoms with Crippen molar-refractivity contribution in [1.82, 2.24) is 4.57 Å². The van der Waals surface area contributed by atoms with E-state index in [4.69, 9.17) is 4.74 Å². The van der Waals surface area contributed by atoms with Crippen molar-refractivity contribution in [3.8, 4) is 5.69 Å². The second-order valence-electron chi connectivity index (χ2n) is 6.51. The average Bonchev–Trinajstić information content (AvgIpc) is 3.03. The fourth-order valence-electron chi connectivity index (χ4n) is 3.44. The standard InChI is InChI=1S/C21H21NO3/c1-12(2)18-19(21(24)25-20(18)23)14(4)17-11-13(3)22(15(17)5)16-9-7-6-8-10-16/h6-11H,1-5H3/b19-14-. The zero-order chi connectivity index (χ0) is 18.3. The smallest absolute Gasteiger partial charge is 0.347 e. The number of hydrogen-bond acceptors (Lipinski definition) is 3. The van der Waals surface area contributed by atoms with Crippen molar-refractivity contribution >= 4 is 17.5 Å². The van der Waals surface area contributed by atoms with Crippen LogP contribution in [0.3, 0.4) is 0 Å². The Balaban J connectivity index is 2.23. The molecule has 1 fully saturated rings. The molecule has 4 nitrogen and oxygen atoms in total. The molecule has 1 aliphatic heterocycles. The summed E-state index contributed by atoms with van der Waals surface area (Å²) in [5.74, 6) is -1.13. The highest BCUT2D eigenvalue weighted by molar-refractivity contribution is 6.22. The largest absolute Gasteiger partial charge is 0.386 e. The van der Waals surface area contributed by atoms with Crippen molar-refractivity contribution in [2.45, 2.75) is 34.6 Å². The highest BCUT2D eigenvalue weighted by Crippen LogP contribution is 2.35. The first kappa shape index (κ1) is 17.0. The van der Waals surface area contributed by atoms with E-state index in [1.54, 1.807) is 0 Å². The van der Waals surface area contributed by atoms with Crippen LogP contribution in [0.1, 0.15) is 37.7 Å². The van der Waals surface area contributed by atoms with Gasteiger partial charge >= 0.3 is 11.9 Å². The summed E-state index contributed by atoms with van der Waals surface area (Å²) in [4.78, 5) is 24.3. The molecule has 2 aromatic rings. The molecule has 0 amide bonds. The summed E-state index contributed by atoms with van der Waals surface area (Å²) < 4.78 is 6.99. The number of benzene rings is 1. The number of para-hydroxylation sites is 1. The summed E-state index contributed by atoms with van der Waals surface area (Å²) in [6.07, 6.45) is 0. The highest BCUT2D eigenvalue weighted by Gasteiger charge is 2.36. The highest BCUT2D eigenvalue weighted by atomic mass is 16.6. The predicted octanol–water partition coefficient (Wildman–Crippen LogP) is 4.29. The number of nitrogens with zero attached hydrogens (tertiary/aromatic N) is 1. The number of esters is 2. The molecule has 0 bridgehead atoms. The van der Waals surface area contributed by atoms with Gasteiger partial charge in [0.15, 0.2) is 0 Å². The minimum Gasteiger partial charge on any atom is -0.386 e. The lowest BCUT2D eigenvalue weighted by molar-refractivity contribution is -0.149. The molecule has 0 unspecified atom stereocenters. The van der Waals surface area contributed by atoms with E-state index in [0.717, 1.165) is 33.8 Å². The van der Waals surface area contributed by atoms with Crippen LogP contribution in [0.4, 0.5) is 0 Å². The van der Waals surface area contributed by atoms with E-state index in [1.807, 2.05) is 71.0 Å². The lowest BCUT2D eigenvalue weighted by Gasteiger charge is -2.10. The first-order chi connectivity index (χ1) is 11.8. The van der Waals surface area contributed by atoms with Crippen LogP contribution in [-0.2, 0) is 14.3 Å². The Kier molecular flexibility index (Phi) is 4.21. The van der Waals surface area contributed by atoms with E-state index < -0.39 is 11.9 Å². The fraction of sp³-hybridized carbons (Fsp3) is 0.238. The SMILES string of the molecule is CC(C)=C1C(=O)OC(=O)/C1=C(/C)c1cc(C)n(-c2ccccc2)c1C. The minimum atomic E-state index is -0.566. The van der Waals surface area contributed by atoms with Crippen LogP contribution in [0.2, 0.25) is 0 Å². The van der Waals surface area contributed by atoms with E-state index >= 15 is 0 Å². The Morgan fingerprint density at radius 2 is 1.52 bits per heavy atom. The first-order valence-corrected chi connectivity index (χ1v) is 8.23.